The maximum atomic E-state index is 10.3. The molecule has 1 rings (SSSR count). The van der Waals surface area contributed by atoms with Gasteiger partial charge >= 0.3 is 0 Å². The average molecular weight is 96.1 g/mol. The number of nitrogens with one attached hydrogen (secondary N) is 1. The Labute approximate surface area is 41.6 Å². The first-order valence-corrected chi connectivity index (χ1v) is 2.16. The maximum absolute atomic E-state index is 10.3. The average Bonchev–Trinajstić information content (AvgIpc) is 1.69. The third-order valence-corrected chi connectivity index (χ3v) is 0.772. The van der Waals surface area contributed by atoms with Crippen molar-refractivity contribution in [3.05, 3.63) is 12.2 Å². The van der Waals surface area contributed by atoms with E-state index < -0.39 is 0 Å². The van der Waals surface area contributed by atoms with Gasteiger partial charge in [-0.25, -0.2) is 4.99 Å². The zero-order chi connectivity index (χ0) is 5.11. The molecular weight excluding hydrogens is 90.1 g/mol. The van der Waals surface area contributed by atoms with Gasteiger partial charge in [0.05, 0.1) is 0 Å². The van der Waals surface area contributed by atoms with Crippen LogP contribution in [-0.4, -0.2) is 18.5 Å². The van der Waals surface area contributed by atoms with Crippen LogP contribution in [0.15, 0.2) is 12.2 Å². The fourth-order valence-electron chi connectivity index (χ4n) is 0.442. The van der Waals surface area contributed by atoms with E-state index in [4.69, 9.17) is 0 Å². The molecule has 1 heterocycles. The van der Waals surface area contributed by atoms with Gasteiger partial charge in [-0.15, -0.1) is 0 Å². The molecule has 0 spiro atoms. The van der Waals surface area contributed by atoms with Gasteiger partial charge in [0.2, 0.25) is 12.3 Å². The Hall–Kier alpha value is -0.920. The van der Waals surface area contributed by atoms with Crippen molar-refractivity contribution in [3.8, 4) is 0 Å². The van der Waals surface area contributed by atoms with Gasteiger partial charge in [0, 0.05) is 6.08 Å². The van der Waals surface area contributed by atoms with Crippen LogP contribution in [0, 0.1) is 0 Å². The van der Waals surface area contributed by atoms with E-state index in [1.54, 1.807) is 18.4 Å². The van der Waals surface area contributed by atoms with E-state index >= 15 is 0 Å². The SMILES string of the molecule is O=C1C=CC=[NH+]C1. The van der Waals surface area contributed by atoms with Gasteiger partial charge in [0.1, 0.15) is 0 Å². The Balaban J connectivity index is 2.66. The number of hydrogen-bond acceptors (Lipinski definition) is 1. The van der Waals surface area contributed by atoms with Crippen LogP contribution in [0.2, 0.25) is 0 Å². The van der Waals surface area contributed by atoms with E-state index in [-0.39, 0.29) is 5.78 Å². The summed E-state index contributed by atoms with van der Waals surface area (Å²) in [6.45, 7) is 0.455. The topological polar surface area (TPSA) is 31.0 Å². The monoisotopic (exact) mass is 96.0 g/mol. The molecule has 1 aliphatic rings. The number of carbonyl (C=O) groups is 1. The van der Waals surface area contributed by atoms with E-state index in [9.17, 15) is 4.79 Å². The fourth-order valence-corrected chi connectivity index (χ4v) is 0.442. The molecule has 1 aliphatic heterocycles. The van der Waals surface area contributed by atoms with Crippen LogP contribution in [0.25, 0.3) is 0 Å². The molecular formula is C5H6NO+. The van der Waals surface area contributed by atoms with Crippen molar-refractivity contribution in [2.45, 2.75) is 0 Å². The molecule has 0 amide bonds. The maximum Gasteiger partial charge on any atom is 0.220 e. The second-order valence-corrected chi connectivity index (χ2v) is 1.37. The Morgan fingerprint density at radius 1 is 1.71 bits per heavy atom. The summed E-state index contributed by atoms with van der Waals surface area (Å²) in [6, 6.07) is 0. The summed E-state index contributed by atoms with van der Waals surface area (Å²) in [6.07, 6.45) is 5.00. The highest BCUT2D eigenvalue weighted by Crippen LogP contribution is 1.69. The highest BCUT2D eigenvalue weighted by Gasteiger charge is 1.98. The minimum absolute atomic E-state index is 0.141. The lowest BCUT2D eigenvalue weighted by molar-refractivity contribution is -0.437. The van der Waals surface area contributed by atoms with Gasteiger partial charge in [0.25, 0.3) is 0 Å². The zero-order valence-electron chi connectivity index (χ0n) is 3.85. The first kappa shape index (κ1) is 4.24. The Kier molecular flexibility index (Phi) is 1.02. The lowest BCUT2D eigenvalue weighted by Crippen LogP contribution is -2.71. The van der Waals surface area contributed by atoms with Crippen LogP contribution in [-0.2, 0) is 4.79 Å². The molecule has 2 heteroatoms. The first-order valence-electron chi connectivity index (χ1n) is 2.16. The summed E-state index contributed by atoms with van der Waals surface area (Å²) < 4.78 is 0. The van der Waals surface area contributed by atoms with E-state index in [0.717, 1.165) is 0 Å². The highest BCUT2D eigenvalue weighted by atomic mass is 16.1. The normalized spacial score (nSPS) is 18.0. The van der Waals surface area contributed by atoms with Gasteiger partial charge in [-0.2, -0.15) is 0 Å². The smallest absolute Gasteiger partial charge is 0.220 e. The molecule has 0 saturated heterocycles. The summed E-state index contributed by atoms with van der Waals surface area (Å²) in [4.78, 5) is 13.1. The second kappa shape index (κ2) is 1.69. The molecule has 0 aromatic carbocycles. The molecule has 0 radical (unpaired) electrons. The fraction of sp³-hybridized carbons (Fsp3) is 0.200. The third-order valence-electron chi connectivity index (χ3n) is 0.772. The Morgan fingerprint density at radius 3 is 2.86 bits per heavy atom. The predicted molar refractivity (Wildman–Crippen MR) is 26.0 cm³/mol. The van der Waals surface area contributed by atoms with Crippen LogP contribution < -0.4 is 4.99 Å². The molecule has 2 nitrogen and oxygen atoms in total. The summed E-state index contributed by atoms with van der Waals surface area (Å²) in [5.74, 6) is 0.141. The van der Waals surface area contributed by atoms with E-state index in [2.05, 4.69) is 4.99 Å². The largest absolute Gasteiger partial charge is 0.288 e. The van der Waals surface area contributed by atoms with Crippen LogP contribution >= 0.6 is 0 Å². The molecule has 0 atom stereocenters. The highest BCUT2D eigenvalue weighted by molar-refractivity contribution is 5.95. The van der Waals surface area contributed by atoms with Gasteiger partial charge in [0.15, 0.2) is 6.21 Å². The zero-order valence-corrected chi connectivity index (χ0v) is 3.85. The van der Waals surface area contributed by atoms with Crippen molar-refractivity contribution in [2.75, 3.05) is 6.54 Å². The number of carbonyl (C=O) groups excluding carboxylic acids is 1. The molecule has 7 heavy (non-hydrogen) atoms. The molecule has 0 aromatic rings. The summed E-state index contributed by atoms with van der Waals surface area (Å²) in [5.41, 5.74) is 0. The van der Waals surface area contributed by atoms with Gasteiger partial charge in [-0.1, -0.05) is 0 Å². The number of ketones is 1. The predicted octanol–water partition coefficient (Wildman–Crippen LogP) is -1.72. The molecule has 0 fully saturated rings. The molecule has 0 saturated carbocycles. The minimum atomic E-state index is 0.141. The number of rotatable bonds is 0. The lowest BCUT2D eigenvalue weighted by Gasteiger charge is -1.83. The summed E-state index contributed by atoms with van der Waals surface area (Å²) in [5, 5.41) is 0. The van der Waals surface area contributed by atoms with Crippen molar-refractivity contribution in [1.29, 1.82) is 0 Å². The number of hydrogen-bond donors (Lipinski definition) is 1. The van der Waals surface area contributed by atoms with E-state index in [0.29, 0.717) is 6.54 Å². The van der Waals surface area contributed by atoms with Crippen molar-refractivity contribution in [2.24, 2.45) is 0 Å². The first-order chi connectivity index (χ1) is 3.39. The van der Waals surface area contributed by atoms with Gasteiger partial charge in [-0.3, -0.25) is 4.79 Å². The lowest BCUT2D eigenvalue weighted by atomic mass is 10.3. The number of allylic oxidation sites excluding steroid dienone is 1. The Morgan fingerprint density at radius 2 is 2.57 bits per heavy atom. The standard InChI is InChI=1S/C5H5NO/c7-5-2-1-3-6-4-5/h1-3H,4H2/p+1. The molecule has 1 N–H and O–H groups in total. The third kappa shape index (κ3) is 0.961. The van der Waals surface area contributed by atoms with E-state index in [1.165, 1.54) is 0 Å². The molecule has 0 bridgehead atoms. The molecule has 0 unspecified atom stereocenters. The van der Waals surface area contributed by atoms with Crippen molar-refractivity contribution < 1.29 is 9.79 Å². The van der Waals surface area contributed by atoms with Gasteiger partial charge in [-0.05, 0) is 6.08 Å². The molecule has 36 valence electrons. The van der Waals surface area contributed by atoms with Crippen molar-refractivity contribution in [1.82, 2.24) is 0 Å². The second-order valence-electron chi connectivity index (χ2n) is 1.37. The van der Waals surface area contributed by atoms with E-state index in [1.807, 2.05) is 0 Å². The summed E-state index contributed by atoms with van der Waals surface area (Å²) in [7, 11) is 0. The van der Waals surface area contributed by atoms with Crippen molar-refractivity contribution >= 4 is 12.0 Å². The van der Waals surface area contributed by atoms with Crippen molar-refractivity contribution in [3.63, 3.8) is 0 Å². The molecule has 0 aliphatic carbocycles. The Bertz CT molecular complexity index is 135. The molecule has 0 aromatic heterocycles. The van der Waals surface area contributed by atoms with Crippen LogP contribution in [0.4, 0.5) is 0 Å². The quantitative estimate of drug-likeness (QED) is 0.382. The minimum Gasteiger partial charge on any atom is -0.288 e. The summed E-state index contributed by atoms with van der Waals surface area (Å²) >= 11 is 0. The van der Waals surface area contributed by atoms with Gasteiger partial charge < -0.3 is 0 Å². The van der Waals surface area contributed by atoms with Crippen LogP contribution in [0.5, 0.6) is 0 Å². The van der Waals surface area contributed by atoms with Crippen LogP contribution in [0.3, 0.4) is 0 Å². The van der Waals surface area contributed by atoms with Crippen LogP contribution in [0.1, 0.15) is 0 Å².